The van der Waals surface area contributed by atoms with Crippen molar-refractivity contribution in [3.8, 4) is 0 Å². The van der Waals surface area contributed by atoms with Crippen LogP contribution in [0, 0.1) is 19.3 Å². The summed E-state index contributed by atoms with van der Waals surface area (Å²) in [5.41, 5.74) is 7.50. The van der Waals surface area contributed by atoms with Crippen LogP contribution in [0.1, 0.15) is 24.7 Å². The van der Waals surface area contributed by atoms with Crippen molar-refractivity contribution >= 4 is 5.91 Å². The van der Waals surface area contributed by atoms with Crippen LogP contribution in [0.3, 0.4) is 0 Å². The lowest BCUT2D eigenvalue weighted by atomic mass is 9.85. The number of carbonyl (C=O) groups excluding carboxylic acids is 1. The lowest BCUT2D eigenvalue weighted by molar-refractivity contribution is -0.130. The third kappa shape index (κ3) is 3.02. The SMILES string of the molecule is Cc1cc(C)n(CCCNC(=O)C2(C)COCC2N)n1. The van der Waals surface area contributed by atoms with E-state index < -0.39 is 5.41 Å². The average Bonchev–Trinajstić information content (AvgIpc) is 2.89. The average molecular weight is 280 g/mol. The number of amides is 1. The molecule has 1 amide bonds. The Hall–Kier alpha value is -1.40. The van der Waals surface area contributed by atoms with Crippen molar-refractivity contribution in [3.63, 3.8) is 0 Å². The van der Waals surface area contributed by atoms with Gasteiger partial charge in [-0.15, -0.1) is 0 Å². The third-order valence-electron chi connectivity index (χ3n) is 3.97. The number of aromatic nitrogens is 2. The highest BCUT2D eigenvalue weighted by Crippen LogP contribution is 2.26. The highest BCUT2D eigenvalue weighted by molar-refractivity contribution is 5.83. The molecule has 3 N–H and O–H groups in total. The fourth-order valence-corrected chi connectivity index (χ4v) is 2.46. The van der Waals surface area contributed by atoms with E-state index in [1.807, 2.05) is 25.5 Å². The molecule has 2 unspecified atom stereocenters. The number of aryl methyl sites for hydroxylation is 3. The van der Waals surface area contributed by atoms with Crippen molar-refractivity contribution < 1.29 is 9.53 Å². The molecule has 0 bridgehead atoms. The van der Waals surface area contributed by atoms with Crippen LogP contribution in [0.5, 0.6) is 0 Å². The topological polar surface area (TPSA) is 82.2 Å². The van der Waals surface area contributed by atoms with Crippen molar-refractivity contribution in [1.82, 2.24) is 15.1 Å². The number of rotatable bonds is 5. The van der Waals surface area contributed by atoms with E-state index in [4.69, 9.17) is 10.5 Å². The van der Waals surface area contributed by atoms with Gasteiger partial charge in [-0.1, -0.05) is 0 Å². The van der Waals surface area contributed by atoms with Gasteiger partial charge in [0.1, 0.15) is 0 Å². The van der Waals surface area contributed by atoms with Crippen LogP contribution in [-0.2, 0) is 16.1 Å². The Morgan fingerprint density at radius 1 is 1.65 bits per heavy atom. The van der Waals surface area contributed by atoms with Crippen LogP contribution in [0.15, 0.2) is 6.07 Å². The van der Waals surface area contributed by atoms with E-state index in [2.05, 4.69) is 16.5 Å². The summed E-state index contributed by atoms with van der Waals surface area (Å²) in [6.07, 6.45) is 0.847. The summed E-state index contributed by atoms with van der Waals surface area (Å²) < 4.78 is 7.25. The van der Waals surface area contributed by atoms with Crippen molar-refractivity contribution in [2.75, 3.05) is 19.8 Å². The molecule has 1 aromatic rings. The number of hydrogen-bond acceptors (Lipinski definition) is 4. The van der Waals surface area contributed by atoms with Crippen molar-refractivity contribution in [2.24, 2.45) is 11.1 Å². The first-order chi connectivity index (χ1) is 9.43. The number of ether oxygens (including phenoxy) is 1. The summed E-state index contributed by atoms with van der Waals surface area (Å²) in [5, 5.41) is 7.35. The van der Waals surface area contributed by atoms with Gasteiger partial charge in [0.25, 0.3) is 0 Å². The maximum atomic E-state index is 12.2. The van der Waals surface area contributed by atoms with Gasteiger partial charge >= 0.3 is 0 Å². The maximum absolute atomic E-state index is 12.2. The lowest BCUT2D eigenvalue weighted by Gasteiger charge is -2.25. The molecule has 112 valence electrons. The van der Waals surface area contributed by atoms with Gasteiger partial charge < -0.3 is 15.8 Å². The number of hydrogen-bond donors (Lipinski definition) is 2. The first-order valence-electron chi connectivity index (χ1n) is 7.06. The van der Waals surface area contributed by atoms with Crippen LogP contribution >= 0.6 is 0 Å². The van der Waals surface area contributed by atoms with Gasteiger partial charge in [0.2, 0.25) is 5.91 Å². The summed E-state index contributed by atoms with van der Waals surface area (Å²) >= 11 is 0. The van der Waals surface area contributed by atoms with Crippen LogP contribution in [0.4, 0.5) is 0 Å². The number of nitrogens with one attached hydrogen (secondary N) is 1. The minimum Gasteiger partial charge on any atom is -0.379 e. The molecule has 2 rings (SSSR count). The van der Waals surface area contributed by atoms with Gasteiger partial charge in [-0.05, 0) is 33.3 Å². The second-order valence-electron chi connectivity index (χ2n) is 5.80. The van der Waals surface area contributed by atoms with Gasteiger partial charge in [0.05, 0.1) is 24.3 Å². The summed E-state index contributed by atoms with van der Waals surface area (Å²) in [6, 6.07) is 1.83. The molecule has 0 aromatic carbocycles. The highest BCUT2D eigenvalue weighted by atomic mass is 16.5. The second kappa shape index (κ2) is 5.93. The summed E-state index contributed by atoms with van der Waals surface area (Å²) in [4.78, 5) is 12.2. The van der Waals surface area contributed by atoms with Crippen LogP contribution in [0.25, 0.3) is 0 Å². The highest BCUT2D eigenvalue weighted by Gasteiger charge is 2.44. The number of nitrogens with zero attached hydrogens (tertiary/aromatic N) is 2. The molecule has 1 aliphatic rings. The van der Waals surface area contributed by atoms with E-state index in [9.17, 15) is 4.79 Å². The van der Waals surface area contributed by atoms with Gasteiger partial charge in [-0.25, -0.2) is 0 Å². The summed E-state index contributed by atoms with van der Waals surface area (Å²) in [6.45, 7) is 8.16. The molecule has 0 saturated carbocycles. The van der Waals surface area contributed by atoms with Gasteiger partial charge in [-0.3, -0.25) is 9.48 Å². The summed E-state index contributed by atoms with van der Waals surface area (Å²) in [7, 11) is 0. The molecular formula is C14H24N4O2. The van der Waals surface area contributed by atoms with E-state index in [0.717, 1.165) is 24.4 Å². The fourth-order valence-electron chi connectivity index (χ4n) is 2.46. The maximum Gasteiger partial charge on any atom is 0.229 e. The molecule has 1 fully saturated rings. The first kappa shape index (κ1) is 15.0. The predicted molar refractivity (Wildman–Crippen MR) is 76.2 cm³/mol. The van der Waals surface area contributed by atoms with Crippen LogP contribution in [0.2, 0.25) is 0 Å². The molecule has 6 heteroatoms. The zero-order valence-corrected chi connectivity index (χ0v) is 12.5. The molecule has 2 atom stereocenters. The molecule has 6 nitrogen and oxygen atoms in total. The summed E-state index contributed by atoms with van der Waals surface area (Å²) in [5.74, 6) is -0.0177. The molecule has 0 spiro atoms. The Morgan fingerprint density at radius 3 is 2.95 bits per heavy atom. The lowest BCUT2D eigenvalue weighted by Crippen LogP contribution is -2.50. The Labute approximate surface area is 119 Å². The van der Waals surface area contributed by atoms with E-state index in [1.165, 1.54) is 0 Å². The van der Waals surface area contributed by atoms with Crippen molar-refractivity contribution in [2.45, 2.75) is 39.8 Å². The van der Waals surface area contributed by atoms with E-state index >= 15 is 0 Å². The van der Waals surface area contributed by atoms with Crippen LogP contribution in [-0.4, -0.2) is 41.5 Å². The van der Waals surface area contributed by atoms with Crippen molar-refractivity contribution in [1.29, 1.82) is 0 Å². The van der Waals surface area contributed by atoms with Gasteiger partial charge in [0.15, 0.2) is 0 Å². The Balaban J connectivity index is 1.76. The Morgan fingerprint density at radius 2 is 2.40 bits per heavy atom. The van der Waals surface area contributed by atoms with Crippen molar-refractivity contribution in [3.05, 3.63) is 17.5 Å². The Bertz CT molecular complexity index is 486. The van der Waals surface area contributed by atoms with Crippen LogP contribution < -0.4 is 11.1 Å². The number of nitrogens with two attached hydrogens (primary N) is 1. The van der Waals surface area contributed by atoms with E-state index in [0.29, 0.717) is 19.8 Å². The zero-order chi connectivity index (χ0) is 14.8. The van der Waals surface area contributed by atoms with Gasteiger partial charge in [-0.2, -0.15) is 5.10 Å². The molecule has 0 aliphatic carbocycles. The second-order valence-corrected chi connectivity index (χ2v) is 5.80. The molecule has 1 aliphatic heterocycles. The third-order valence-corrected chi connectivity index (χ3v) is 3.97. The quantitative estimate of drug-likeness (QED) is 0.763. The fraction of sp³-hybridized carbons (Fsp3) is 0.714. The Kier molecular flexibility index (Phi) is 4.45. The predicted octanol–water partition coefficient (Wildman–Crippen LogP) is 0.370. The largest absolute Gasteiger partial charge is 0.379 e. The molecule has 1 aromatic heterocycles. The molecular weight excluding hydrogens is 256 g/mol. The minimum absolute atomic E-state index is 0.0177. The minimum atomic E-state index is -0.599. The molecule has 1 saturated heterocycles. The normalized spacial score (nSPS) is 25.9. The smallest absolute Gasteiger partial charge is 0.229 e. The van der Waals surface area contributed by atoms with Gasteiger partial charge in [0, 0.05) is 24.8 Å². The standard InChI is InChI=1S/C14H24N4O2/c1-10-7-11(2)18(17-10)6-4-5-16-13(19)14(3)9-20-8-12(14)15/h7,12H,4-6,8-9,15H2,1-3H3,(H,16,19). The first-order valence-corrected chi connectivity index (χ1v) is 7.06. The van der Waals surface area contributed by atoms with E-state index in [1.54, 1.807) is 0 Å². The molecule has 20 heavy (non-hydrogen) atoms. The number of carbonyl (C=O) groups is 1. The zero-order valence-electron chi connectivity index (χ0n) is 12.5. The van der Waals surface area contributed by atoms with E-state index in [-0.39, 0.29) is 11.9 Å². The monoisotopic (exact) mass is 280 g/mol. The molecule has 2 heterocycles. The molecule has 0 radical (unpaired) electrons.